The number of allylic oxidation sites excluding steroid dienone is 1. The molecule has 2 aromatic rings. The van der Waals surface area contributed by atoms with Crippen molar-refractivity contribution in [2.75, 3.05) is 4.90 Å². The van der Waals surface area contributed by atoms with Crippen LogP contribution >= 0.6 is 0 Å². The van der Waals surface area contributed by atoms with Crippen LogP contribution in [-0.4, -0.2) is 6.04 Å². The summed E-state index contributed by atoms with van der Waals surface area (Å²) in [6, 6.07) is 19.2. The van der Waals surface area contributed by atoms with Gasteiger partial charge in [-0.15, -0.1) is 0 Å². The maximum absolute atomic E-state index is 8.97. The highest BCUT2D eigenvalue weighted by Gasteiger charge is 2.35. The Labute approximate surface area is 124 Å². The molecule has 0 amide bonds. The molecule has 0 radical (unpaired) electrons. The van der Waals surface area contributed by atoms with Crippen molar-refractivity contribution in [3.8, 4) is 6.07 Å². The van der Waals surface area contributed by atoms with Crippen molar-refractivity contribution >= 4 is 16.9 Å². The van der Waals surface area contributed by atoms with Crippen LogP contribution in [0.5, 0.6) is 0 Å². The summed E-state index contributed by atoms with van der Waals surface area (Å²) >= 11 is 0. The predicted molar refractivity (Wildman–Crippen MR) is 85.4 cm³/mol. The van der Waals surface area contributed by atoms with Crippen LogP contribution in [0.25, 0.3) is 5.57 Å². The van der Waals surface area contributed by atoms with Crippen molar-refractivity contribution in [2.24, 2.45) is 0 Å². The molecule has 0 saturated carbocycles. The largest absolute Gasteiger partial charge is 0.333 e. The number of hydrogen-bond donors (Lipinski definition) is 0. The van der Waals surface area contributed by atoms with Gasteiger partial charge in [0.05, 0.1) is 17.7 Å². The average molecular weight is 272 g/mol. The second kappa shape index (κ2) is 4.79. The van der Waals surface area contributed by atoms with Crippen LogP contribution in [0.2, 0.25) is 0 Å². The predicted octanol–water partition coefficient (Wildman–Crippen LogP) is 4.65. The quantitative estimate of drug-likeness (QED) is 0.755. The van der Waals surface area contributed by atoms with E-state index in [9.17, 15) is 0 Å². The summed E-state index contributed by atoms with van der Waals surface area (Å²) in [5.41, 5.74) is 6.02. The molecule has 2 aromatic carbocycles. The van der Waals surface area contributed by atoms with E-state index in [-0.39, 0.29) is 0 Å². The normalized spacial score (nSPS) is 19.5. The molecular weight excluding hydrogens is 256 g/mol. The molecular formula is C19H16N2. The second-order valence-electron chi connectivity index (χ2n) is 5.65. The molecule has 0 aromatic heterocycles. The number of benzene rings is 2. The lowest BCUT2D eigenvalue weighted by Gasteiger charge is -2.30. The molecule has 1 aliphatic carbocycles. The molecule has 0 spiro atoms. The summed E-state index contributed by atoms with van der Waals surface area (Å²) in [5.74, 6) is 0. The molecule has 2 heteroatoms. The Morgan fingerprint density at radius 2 is 1.86 bits per heavy atom. The fourth-order valence-electron chi connectivity index (χ4n) is 3.53. The Morgan fingerprint density at radius 1 is 1.05 bits per heavy atom. The van der Waals surface area contributed by atoms with Gasteiger partial charge < -0.3 is 4.90 Å². The molecule has 2 aliphatic rings. The molecule has 2 nitrogen and oxygen atoms in total. The van der Waals surface area contributed by atoms with E-state index in [1.807, 2.05) is 12.1 Å². The number of hydrogen-bond acceptors (Lipinski definition) is 2. The second-order valence-corrected chi connectivity index (χ2v) is 5.65. The summed E-state index contributed by atoms with van der Waals surface area (Å²) in [6.07, 6.45) is 6.02. The first-order valence-corrected chi connectivity index (χ1v) is 7.47. The number of para-hydroxylation sites is 1. The molecule has 1 atom stereocenters. The van der Waals surface area contributed by atoms with Gasteiger partial charge in [0.1, 0.15) is 0 Å². The molecule has 1 unspecified atom stereocenters. The summed E-state index contributed by atoms with van der Waals surface area (Å²) in [5, 5.41) is 8.97. The zero-order valence-corrected chi connectivity index (χ0v) is 11.8. The minimum Gasteiger partial charge on any atom is -0.333 e. The van der Waals surface area contributed by atoms with Crippen LogP contribution in [0.15, 0.2) is 54.6 Å². The van der Waals surface area contributed by atoms with Crippen LogP contribution in [-0.2, 0) is 0 Å². The summed E-state index contributed by atoms with van der Waals surface area (Å²) < 4.78 is 0. The molecule has 0 fully saturated rings. The molecule has 1 aliphatic heterocycles. The van der Waals surface area contributed by atoms with Gasteiger partial charge in [0.2, 0.25) is 0 Å². The SMILES string of the molecule is N#Cc1ccc(N2c3ccccc3C3=CCCCC32)cc1. The molecule has 0 bridgehead atoms. The van der Waals surface area contributed by atoms with Crippen molar-refractivity contribution in [3.63, 3.8) is 0 Å². The zero-order valence-electron chi connectivity index (χ0n) is 11.8. The number of anilines is 2. The fourth-order valence-corrected chi connectivity index (χ4v) is 3.53. The van der Waals surface area contributed by atoms with Crippen LogP contribution < -0.4 is 4.90 Å². The fraction of sp³-hybridized carbons (Fsp3) is 0.211. The summed E-state index contributed by atoms with van der Waals surface area (Å²) in [4.78, 5) is 2.43. The molecule has 0 N–H and O–H groups in total. The van der Waals surface area contributed by atoms with Crippen molar-refractivity contribution in [2.45, 2.75) is 25.3 Å². The van der Waals surface area contributed by atoms with E-state index in [2.05, 4.69) is 53.4 Å². The van der Waals surface area contributed by atoms with Gasteiger partial charge in [0.15, 0.2) is 0 Å². The highest BCUT2D eigenvalue weighted by atomic mass is 15.2. The molecule has 0 saturated heterocycles. The maximum Gasteiger partial charge on any atom is 0.0991 e. The smallest absolute Gasteiger partial charge is 0.0991 e. The average Bonchev–Trinajstić information content (AvgIpc) is 2.90. The number of fused-ring (bicyclic) bond motifs is 3. The van der Waals surface area contributed by atoms with Gasteiger partial charge in [-0.25, -0.2) is 0 Å². The highest BCUT2D eigenvalue weighted by molar-refractivity contribution is 5.92. The Morgan fingerprint density at radius 3 is 2.67 bits per heavy atom. The first-order valence-electron chi connectivity index (χ1n) is 7.47. The van der Waals surface area contributed by atoms with Crippen molar-refractivity contribution in [3.05, 3.63) is 65.7 Å². The van der Waals surface area contributed by atoms with Crippen molar-refractivity contribution < 1.29 is 0 Å². The number of nitriles is 1. The van der Waals surface area contributed by atoms with Crippen LogP contribution in [0, 0.1) is 11.3 Å². The van der Waals surface area contributed by atoms with E-state index in [4.69, 9.17) is 5.26 Å². The van der Waals surface area contributed by atoms with E-state index in [1.165, 1.54) is 41.8 Å². The topological polar surface area (TPSA) is 27.0 Å². The molecule has 102 valence electrons. The van der Waals surface area contributed by atoms with Gasteiger partial charge >= 0.3 is 0 Å². The van der Waals surface area contributed by atoms with Gasteiger partial charge in [-0.05, 0) is 55.2 Å². The zero-order chi connectivity index (χ0) is 14.2. The van der Waals surface area contributed by atoms with Crippen LogP contribution in [0.3, 0.4) is 0 Å². The lowest BCUT2D eigenvalue weighted by Crippen LogP contribution is -2.28. The molecule has 21 heavy (non-hydrogen) atoms. The third-order valence-electron chi connectivity index (χ3n) is 4.47. The Bertz CT molecular complexity index is 750. The third-order valence-corrected chi connectivity index (χ3v) is 4.47. The summed E-state index contributed by atoms with van der Waals surface area (Å²) in [7, 11) is 0. The first-order chi connectivity index (χ1) is 10.4. The lowest BCUT2D eigenvalue weighted by atomic mass is 9.92. The highest BCUT2D eigenvalue weighted by Crippen LogP contribution is 2.47. The third kappa shape index (κ3) is 1.86. The number of nitrogens with zero attached hydrogens (tertiary/aromatic N) is 2. The van der Waals surface area contributed by atoms with Gasteiger partial charge in [-0.2, -0.15) is 5.26 Å². The first kappa shape index (κ1) is 12.2. The summed E-state index contributed by atoms with van der Waals surface area (Å²) in [6.45, 7) is 0. The Kier molecular flexibility index (Phi) is 2.79. The lowest BCUT2D eigenvalue weighted by molar-refractivity contribution is 0.659. The van der Waals surface area contributed by atoms with Gasteiger partial charge in [-0.1, -0.05) is 24.3 Å². The van der Waals surface area contributed by atoms with Crippen LogP contribution in [0.1, 0.15) is 30.4 Å². The maximum atomic E-state index is 8.97. The van der Waals surface area contributed by atoms with Crippen molar-refractivity contribution in [1.82, 2.24) is 0 Å². The standard InChI is InChI=1S/C19H16N2/c20-13-14-9-11-15(12-10-14)21-18-7-3-1-5-16(18)17-6-2-4-8-19(17)21/h1,3,5-7,9-12,19H,2,4,8H2. The Balaban J connectivity index is 1.85. The van der Waals surface area contributed by atoms with Crippen LogP contribution in [0.4, 0.5) is 11.4 Å². The number of rotatable bonds is 1. The molecule has 1 heterocycles. The molecule has 4 rings (SSSR count). The van der Waals surface area contributed by atoms with Gasteiger partial charge in [0.25, 0.3) is 0 Å². The van der Waals surface area contributed by atoms with E-state index >= 15 is 0 Å². The monoisotopic (exact) mass is 272 g/mol. The van der Waals surface area contributed by atoms with E-state index in [1.54, 1.807) is 0 Å². The van der Waals surface area contributed by atoms with Gasteiger partial charge in [-0.3, -0.25) is 0 Å². The van der Waals surface area contributed by atoms with E-state index in [0.29, 0.717) is 11.6 Å². The minimum atomic E-state index is 0.448. The van der Waals surface area contributed by atoms with E-state index < -0.39 is 0 Å². The van der Waals surface area contributed by atoms with Crippen molar-refractivity contribution in [1.29, 1.82) is 5.26 Å². The van der Waals surface area contributed by atoms with E-state index in [0.717, 1.165) is 0 Å². The Hall–Kier alpha value is -2.53. The minimum absolute atomic E-state index is 0.448. The van der Waals surface area contributed by atoms with Gasteiger partial charge in [0, 0.05) is 16.9 Å².